The molecule has 132 valence electrons. The third-order valence-corrected chi connectivity index (χ3v) is 5.94. The molecule has 0 unspecified atom stereocenters. The van der Waals surface area contributed by atoms with E-state index in [9.17, 15) is 9.18 Å². The average molecular weight is 350 g/mol. The van der Waals surface area contributed by atoms with E-state index in [2.05, 4.69) is 10.3 Å². The van der Waals surface area contributed by atoms with Crippen LogP contribution in [-0.2, 0) is 12.5 Å². The van der Waals surface area contributed by atoms with E-state index in [1.807, 2.05) is 19.2 Å². The van der Waals surface area contributed by atoms with Gasteiger partial charge >= 0.3 is 0 Å². The fourth-order valence-electron chi connectivity index (χ4n) is 4.70. The first-order chi connectivity index (χ1) is 12.6. The van der Waals surface area contributed by atoms with Crippen molar-refractivity contribution in [2.24, 2.45) is 7.05 Å². The Labute approximate surface area is 150 Å². The minimum absolute atomic E-state index is 0.104. The molecule has 1 saturated carbocycles. The van der Waals surface area contributed by atoms with E-state index in [0.717, 1.165) is 42.5 Å². The highest BCUT2D eigenvalue weighted by atomic mass is 19.1. The Morgan fingerprint density at radius 1 is 1.19 bits per heavy atom. The van der Waals surface area contributed by atoms with Crippen molar-refractivity contribution in [2.75, 3.05) is 11.4 Å². The van der Waals surface area contributed by atoms with E-state index < -0.39 is 0 Å². The number of fused-ring (bicyclic) bond motifs is 3. The predicted molar refractivity (Wildman–Crippen MR) is 96.7 cm³/mol. The molecule has 1 aliphatic heterocycles. The number of aromatic nitrogens is 3. The summed E-state index contributed by atoms with van der Waals surface area (Å²) in [7, 11) is 1.82. The quantitative estimate of drug-likeness (QED) is 0.674. The summed E-state index contributed by atoms with van der Waals surface area (Å²) in [5, 5.41) is 8.09. The van der Waals surface area contributed by atoms with Gasteiger partial charge in [0.05, 0.1) is 11.2 Å². The summed E-state index contributed by atoms with van der Waals surface area (Å²) >= 11 is 0. The van der Waals surface area contributed by atoms with Crippen LogP contribution in [-0.4, -0.2) is 27.4 Å². The van der Waals surface area contributed by atoms with Crippen LogP contribution in [0.25, 0.3) is 11.0 Å². The van der Waals surface area contributed by atoms with Crippen LogP contribution in [0.5, 0.6) is 0 Å². The highest BCUT2D eigenvalue weighted by Crippen LogP contribution is 2.51. The van der Waals surface area contributed by atoms with E-state index >= 15 is 0 Å². The Hall–Kier alpha value is -2.76. The number of amides is 1. The molecule has 6 heteroatoms. The molecular weight excluding hydrogens is 331 g/mol. The Kier molecular flexibility index (Phi) is 3.20. The molecule has 1 spiro atoms. The number of benzene rings is 2. The van der Waals surface area contributed by atoms with Crippen LogP contribution in [0.4, 0.5) is 10.1 Å². The van der Waals surface area contributed by atoms with E-state index in [1.165, 1.54) is 6.07 Å². The SMILES string of the molecule is Cn1nnc2cc(C(=O)N3CC4(CCCC4)c4c(F)cccc43)ccc21. The summed E-state index contributed by atoms with van der Waals surface area (Å²) < 4.78 is 16.4. The van der Waals surface area contributed by atoms with Crippen LogP contribution in [0.3, 0.4) is 0 Å². The molecule has 1 aromatic heterocycles. The molecule has 1 aliphatic carbocycles. The van der Waals surface area contributed by atoms with Gasteiger partial charge in [-0.15, -0.1) is 5.10 Å². The van der Waals surface area contributed by atoms with E-state index in [4.69, 9.17) is 0 Å². The zero-order valence-corrected chi connectivity index (χ0v) is 14.6. The van der Waals surface area contributed by atoms with Crippen molar-refractivity contribution in [1.82, 2.24) is 15.0 Å². The molecule has 1 fully saturated rings. The van der Waals surface area contributed by atoms with Gasteiger partial charge in [-0.25, -0.2) is 9.07 Å². The van der Waals surface area contributed by atoms with Gasteiger partial charge in [0.2, 0.25) is 0 Å². The minimum Gasteiger partial charge on any atom is -0.307 e. The molecule has 3 aromatic rings. The van der Waals surface area contributed by atoms with Crippen molar-refractivity contribution in [2.45, 2.75) is 31.1 Å². The van der Waals surface area contributed by atoms with Gasteiger partial charge in [0.15, 0.2) is 0 Å². The molecule has 0 bridgehead atoms. The highest BCUT2D eigenvalue weighted by molar-refractivity contribution is 6.09. The van der Waals surface area contributed by atoms with Crippen LogP contribution in [0.2, 0.25) is 0 Å². The Bertz CT molecular complexity index is 1040. The zero-order chi connectivity index (χ0) is 17.9. The molecular formula is C20H19FN4O. The lowest BCUT2D eigenvalue weighted by Gasteiger charge is -2.25. The smallest absolute Gasteiger partial charge is 0.258 e. The molecule has 0 N–H and O–H groups in total. The third-order valence-electron chi connectivity index (χ3n) is 5.94. The monoisotopic (exact) mass is 350 g/mol. The van der Waals surface area contributed by atoms with E-state index in [-0.39, 0.29) is 17.1 Å². The minimum atomic E-state index is -0.229. The summed E-state index contributed by atoms with van der Waals surface area (Å²) in [6.45, 7) is 0.556. The fourth-order valence-corrected chi connectivity index (χ4v) is 4.70. The van der Waals surface area contributed by atoms with Gasteiger partial charge in [-0.3, -0.25) is 4.79 Å². The van der Waals surface area contributed by atoms with E-state index in [1.54, 1.807) is 27.8 Å². The standard InChI is InChI=1S/C20H19FN4O/c1-24-16-8-7-13(11-15(16)22-23-24)19(26)25-12-20(9-2-3-10-20)18-14(21)5-4-6-17(18)25/h4-8,11H,2-3,9-10,12H2,1H3. The summed E-state index contributed by atoms with van der Waals surface area (Å²) in [4.78, 5) is 15.0. The van der Waals surface area contributed by atoms with Gasteiger partial charge in [-0.1, -0.05) is 24.1 Å². The summed E-state index contributed by atoms with van der Waals surface area (Å²) in [5.74, 6) is -0.294. The Morgan fingerprint density at radius 2 is 2.00 bits per heavy atom. The van der Waals surface area contributed by atoms with Crippen molar-refractivity contribution < 1.29 is 9.18 Å². The van der Waals surface area contributed by atoms with Crippen molar-refractivity contribution in [3.8, 4) is 0 Å². The topological polar surface area (TPSA) is 51.0 Å². The number of rotatable bonds is 1. The largest absolute Gasteiger partial charge is 0.307 e. The van der Waals surface area contributed by atoms with Crippen molar-refractivity contribution in [1.29, 1.82) is 0 Å². The first-order valence-electron chi connectivity index (χ1n) is 8.99. The number of carbonyl (C=O) groups is 1. The molecule has 26 heavy (non-hydrogen) atoms. The molecule has 1 amide bonds. The zero-order valence-electron chi connectivity index (χ0n) is 14.6. The van der Waals surface area contributed by atoms with Gasteiger partial charge in [0, 0.05) is 30.1 Å². The average Bonchev–Trinajstić information content (AvgIpc) is 3.34. The number of nitrogens with zero attached hydrogens (tertiary/aromatic N) is 4. The molecule has 5 nitrogen and oxygen atoms in total. The molecule has 2 aliphatic rings. The summed E-state index contributed by atoms with van der Waals surface area (Å²) in [6.07, 6.45) is 4.05. The first-order valence-corrected chi connectivity index (χ1v) is 8.99. The summed E-state index contributed by atoms with van der Waals surface area (Å²) in [6, 6.07) is 10.5. The van der Waals surface area contributed by atoms with Gasteiger partial charge < -0.3 is 4.90 Å². The second-order valence-electron chi connectivity index (χ2n) is 7.43. The second-order valence-corrected chi connectivity index (χ2v) is 7.43. The van der Waals surface area contributed by atoms with Gasteiger partial charge in [-0.2, -0.15) is 0 Å². The lowest BCUT2D eigenvalue weighted by Crippen LogP contribution is -2.35. The van der Waals surface area contributed by atoms with Crippen LogP contribution in [0, 0.1) is 5.82 Å². The van der Waals surface area contributed by atoms with Crippen molar-refractivity contribution >= 4 is 22.6 Å². The fraction of sp³-hybridized carbons (Fsp3) is 0.350. The molecule has 5 rings (SSSR count). The lowest BCUT2D eigenvalue weighted by atomic mass is 9.80. The Morgan fingerprint density at radius 3 is 2.81 bits per heavy atom. The number of hydrogen-bond acceptors (Lipinski definition) is 3. The number of anilines is 1. The van der Waals surface area contributed by atoms with Crippen molar-refractivity contribution in [3.63, 3.8) is 0 Å². The van der Waals surface area contributed by atoms with Gasteiger partial charge in [-0.05, 0) is 43.2 Å². The third kappa shape index (κ3) is 2.04. The van der Waals surface area contributed by atoms with E-state index in [0.29, 0.717) is 17.6 Å². The normalized spacial score (nSPS) is 18.0. The molecule has 2 heterocycles. The lowest BCUT2D eigenvalue weighted by molar-refractivity contribution is 0.0985. The molecule has 0 saturated heterocycles. The number of hydrogen-bond donors (Lipinski definition) is 0. The number of aryl methyl sites for hydroxylation is 1. The maximum Gasteiger partial charge on any atom is 0.258 e. The van der Waals surface area contributed by atoms with Crippen LogP contribution >= 0.6 is 0 Å². The predicted octanol–water partition coefficient (Wildman–Crippen LogP) is 3.58. The second kappa shape index (κ2) is 5.37. The molecule has 0 radical (unpaired) electrons. The number of carbonyl (C=O) groups excluding carboxylic acids is 1. The number of halogens is 1. The van der Waals surface area contributed by atoms with Crippen LogP contribution in [0.1, 0.15) is 41.6 Å². The molecule has 2 aromatic carbocycles. The van der Waals surface area contributed by atoms with Gasteiger partial charge in [0.1, 0.15) is 11.3 Å². The summed E-state index contributed by atoms with van der Waals surface area (Å²) in [5.41, 5.74) is 3.34. The highest BCUT2D eigenvalue weighted by Gasteiger charge is 2.48. The molecule has 0 atom stereocenters. The van der Waals surface area contributed by atoms with Crippen LogP contribution in [0.15, 0.2) is 36.4 Å². The first kappa shape index (κ1) is 15.5. The van der Waals surface area contributed by atoms with Gasteiger partial charge in [0.25, 0.3) is 5.91 Å². The maximum absolute atomic E-state index is 14.7. The van der Waals surface area contributed by atoms with Crippen molar-refractivity contribution in [3.05, 3.63) is 53.3 Å². The maximum atomic E-state index is 14.7. The Balaban J connectivity index is 1.59. The van der Waals surface area contributed by atoms with Crippen LogP contribution < -0.4 is 4.90 Å².